The molecule has 1 aliphatic heterocycles. The highest BCUT2D eigenvalue weighted by Crippen LogP contribution is 2.47. The Morgan fingerprint density at radius 1 is 0.971 bits per heavy atom. The Morgan fingerprint density at radius 3 is 2.53 bits per heavy atom. The predicted molar refractivity (Wildman–Crippen MR) is 139 cm³/mol. The maximum Gasteiger partial charge on any atom is 0.122 e. The van der Waals surface area contributed by atoms with Gasteiger partial charge in [0.2, 0.25) is 0 Å². The zero-order valence-electron chi connectivity index (χ0n) is 20.2. The molecule has 4 heteroatoms. The molecule has 0 aromatic heterocycles. The van der Waals surface area contributed by atoms with Crippen molar-refractivity contribution in [2.75, 3.05) is 24.6 Å². The van der Waals surface area contributed by atoms with Crippen LogP contribution in [-0.2, 0) is 13.0 Å². The zero-order chi connectivity index (χ0) is 23.5. The molecule has 0 bridgehead atoms. The number of nitrogens with two attached hydrogens (primary N) is 1. The molecule has 1 spiro atoms. The molecule has 34 heavy (non-hydrogen) atoms. The second-order valence-electron chi connectivity index (χ2n) is 10.1. The van der Waals surface area contributed by atoms with Gasteiger partial charge in [0.15, 0.2) is 0 Å². The van der Waals surface area contributed by atoms with E-state index in [0.717, 1.165) is 36.4 Å². The summed E-state index contributed by atoms with van der Waals surface area (Å²) in [5, 5.41) is 9.52. The van der Waals surface area contributed by atoms with Crippen molar-refractivity contribution >= 4 is 5.69 Å². The maximum atomic E-state index is 9.52. The molecular weight excluding hydrogens is 420 g/mol. The summed E-state index contributed by atoms with van der Waals surface area (Å²) >= 11 is 0. The van der Waals surface area contributed by atoms with E-state index in [9.17, 15) is 5.11 Å². The number of rotatable bonds is 8. The molecule has 1 saturated heterocycles. The minimum Gasteiger partial charge on any atom is -0.489 e. The molecule has 1 heterocycles. The van der Waals surface area contributed by atoms with Crippen molar-refractivity contribution in [3.05, 3.63) is 83.4 Å². The Labute approximate surface area is 203 Å². The molecule has 0 amide bonds. The van der Waals surface area contributed by atoms with Gasteiger partial charge in [0.1, 0.15) is 12.4 Å². The monoisotopic (exact) mass is 456 g/mol. The standard InChI is InChI=1S/C30H36N2O2/c1-2-23-8-3-4-11-29(23)34-19-22-14-26(24-9-7-10-25(16-24)28(31)18-33)17-27(15-22)32-20-30(21-32)12-5-6-13-30/h3-4,7-11,14-17,28,33H,2,5-6,12-13,18-21,31H2,1H3/t28-/m0/s1. The molecule has 1 atom stereocenters. The van der Waals surface area contributed by atoms with Gasteiger partial charge in [-0.1, -0.05) is 56.2 Å². The van der Waals surface area contributed by atoms with Crippen LogP contribution in [0.3, 0.4) is 0 Å². The molecule has 3 aromatic carbocycles. The summed E-state index contributed by atoms with van der Waals surface area (Å²) < 4.78 is 6.29. The van der Waals surface area contributed by atoms with Crippen LogP contribution in [0.4, 0.5) is 5.69 Å². The number of nitrogens with zero attached hydrogens (tertiary/aromatic N) is 1. The molecule has 1 aliphatic carbocycles. The highest BCUT2D eigenvalue weighted by Gasteiger charge is 2.44. The van der Waals surface area contributed by atoms with Gasteiger partial charge in [-0.05, 0) is 77.4 Å². The Bertz CT molecular complexity index is 1130. The van der Waals surface area contributed by atoms with Crippen molar-refractivity contribution in [3.63, 3.8) is 0 Å². The first kappa shape index (κ1) is 22.9. The number of aliphatic hydroxyl groups excluding tert-OH is 1. The van der Waals surface area contributed by atoms with Gasteiger partial charge in [0, 0.05) is 24.2 Å². The third-order valence-corrected chi connectivity index (χ3v) is 7.65. The number of aryl methyl sites for hydroxylation is 1. The minimum absolute atomic E-state index is 0.0602. The second-order valence-corrected chi connectivity index (χ2v) is 10.1. The van der Waals surface area contributed by atoms with Gasteiger partial charge < -0.3 is 20.5 Å². The van der Waals surface area contributed by atoms with Crippen LogP contribution in [0.1, 0.15) is 55.3 Å². The van der Waals surface area contributed by atoms with E-state index in [2.05, 4.69) is 60.4 Å². The van der Waals surface area contributed by atoms with E-state index in [1.54, 1.807) is 0 Å². The fraction of sp³-hybridized carbons (Fsp3) is 0.400. The molecule has 2 aliphatic rings. The fourth-order valence-corrected chi connectivity index (χ4v) is 5.65. The van der Waals surface area contributed by atoms with Crippen LogP contribution in [0.2, 0.25) is 0 Å². The van der Waals surface area contributed by atoms with Crippen LogP contribution in [-0.4, -0.2) is 24.8 Å². The van der Waals surface area contributed by atoms with E-state index < -0.39 is 0 Å². The molecular formula is C30H36N2O2. The van der Waals surface area contributed by atoms with Crippen molar-refractivity contribution in [1.29, 1.82) is 0 Å². The van der Waals surface area contributed by atoms with E-state index in [0.29, 0.717) is 12.0 Å². The lowest BCUT2D eigenvalue weighted by Crippen LogP contribution is -2.55. The number of anilines is 1. The minimum atomic E-state index is -0.367. The van der Waals surface area contributed by atoms with Crippen LogP contribution in [0, 0.1) is 5.41 Å². The van der Waals surface area contributed by atoms with Crippen molar-refractivity contribution in [2.45, 2.75) is 51.7 Å². The van der Waals surface area contributed by atoms with E-state index >= 15 is 0 Å². The Balaban J connectivity index is 1.44. The van der Waals surface area contributed by atoms with Crippen LogP contribution < -0.4 is 15.4 Å². The smallest absolute Gasteiger partial charge is 0.122 e. The quantitative estimate of drug-likeness (QED) is 0.445. The number of para-hydroxylation sites is 1. The van der Waals surface area contributed by atoms with Crippen LogP contribution >= 0.6 is 0 Å². The number of benzene rings is 3. The molecule has 2 fully saturated rings. The summed E-state index contributed by atoms with van der Waals surface area (Å²) in [6.07, 6.45) is 6.45. The SMILES string of the molecule is CCc1ccccc1OCc1cc(-c2cccc([C@@H](N)CO)c2)cc(N2CC3(CCCC3)C2)c1. The van der Waals surface area contributed by atoms with Crippen molar-refractivity contribution in [2.24, 2.45) is 11.1 Å². The summed E-state index contributed by atoms with van der Waals surface area (Å²) in [7, 11) is 0. The summed E-state index contributed by atoms with van der Waals surface area (Å²) in [5.74, 6) is 0.960. The van der Waals surface area contributed by atoms with Gasteiger partial charge in [0.25, 0.3) is 0 Å². The highest BCUT2D eigenvalue weighted by atomic mass is 16.5. The van der Waals surface area contributed by atoms with Crippen molar-refractivity contribution in [1.82, 2.24) is 0 Å². The first-order valence-corrected chi connectivity index (χ1v) is 12.7. The van der Waals surface area contributed by atoms with Gasteiger partial charge in [0.05, 0.1) is 12.6 Å². The molecule has 3 aromatic rings. The van der Waals surface area contributed by atoms with Crippen molar-refractivity contribution < 1.29 is 9.84 Å². The van der Waals surface area contributed by atoms with E-state index in [-0.39, 0.29) is 12.6 Å². The fourth-order valence-electron chi connectivity index (χ4n) is 5.65. The average molecular weight is 457 g/mol. The lowest BCUT2D eigenvalue weighted by molar-refractivity contribution is 0.222. The van der Waals surface area contributed by atoms with Gasteiger partial charge >= 0.3 is 0 Å². The molecule has 5 rings (SSSR count). The highest BCUT2D eigenvalue weighted by molar-refractivity contribution is 5.71. The predicted octanol–water partition coefficient (Wildman–Crippen LogP) is 5.87. The van der Waals surface area contributed by atoms with Gasteiger partial charge in [-0.2, -0.15) is 0 Å². The van der Waals surface area contributed by atoms with Gasteiger partial charge in [-0.25, -0.2) is 0 Å². The Morgan fingerprint density at radius 2 is 1.76 bits per heavy atom. The number of hydrogen-bond donors (Lipinski definition) is 2. The molecule has 1 saturated carbocycles. The number of aliphatic hydroxyl groups is 1. The topological polar surface area (TPSA) is 58.7 Å². The summed E-state index contributed by atoms with van der Waals surface area (Å²) in [6.45, 7) is 4.95. The van der Waals surface area contributed by atoms with E-state index in [1.165, 1.54) is 48.1 Å². The zero-order valence-corrected chi connectivity index (χ0v) is 20.2. The van der Waals surface area contributed by atoms with Gasteiger partial charge in [-0.3, -0.25) is 0 Å². The second kappa shape index (κ2) is 9.81. The number of hydrogen-bond acceptors (Lipinski definition) is 4. The maximum absolute atomic E-state index is 9.52. The van der Waals surface area contributed by atoms with E-state index in [1.807, 2.05) is 18.2 Å². The van der Waals surface area contributed by atoms with Crippen molar-refractivity contribution in [3.8, 4) is 16.9 Å². The third-order valence-electron chi connectivity index (χ3n) is 7.65. The third kappa shape index (κ3) is 4.70. The van der Waals surface area contributed by atoms with Crippen LogP contribution in [0.5, 0.6) is 5.75 Å². The first-order valence-electron chi connectivity index (χ1n) is 12.7. The normalized spacial score (nSPS) is 17.6. The Hall–Kier alpha value is -2.82. The lowest BCUT2D eigenvalue weighted by atomic mass is 9.78. The summed E-state index contributed by atoms with van der Waals surface area (Å²) in [5.41, 5.74) is 13.6. The summed E-state index contributed by atoms with van der Waals surface area (Å²) in [6, 6.07) is 23.0. The largest absolute Gasteiger partial charge is 0.489 e. The number of ether oxygens (including phenoxy) is 1. The average Bonchev–Trinajstić information content (AvgIpc) is 3.37. The molecule has 0 radical (unpaired) electrons. The van der Waals surface area contributed by atoms with Gasteiger partial charge in [-0.15, -0.1) is 0 Å². The first-order chi connectivity index (χ1) is 16.6. The molecule has 4 nitrogen and oxygen atoms in total. The molecule has 0 unspecified atom stereocenters. The van der Waals surface area contributed by atoms with E-state index in [4.69, 9.17) is 10.5 Å². The van der Waals surface area contributed by atoms with Crippen LogP contribution in [0.15, 0.2) is 66.7 Å². The lowest BCUT2D eigenvalue weighted by Gasteiger charge is -2.50. The molecule has 178 valence electrons. The molecule has 3 N–H and O–H groups in total. The van der Waals surface area contributed by atoms with Crippen LogP contribution in [0.25, 0.3) is 11.1 Å². The summed E-state index contributed by atoms with van der Waals surface area (Å²) in [4.78, 5) is 2.53. The Kier molecular flexibility index (Phi) is 6.62.